The third kappa shape index (κ3) is 1.87. The SMILES string of the molecule is CC1C(=O)CC(C(=O)O)CC1(O)O. The summed E-state index contributed by atoms with van der Waals surface area (Å²) >= 11 is 0. The van der Waals surface area contributed by atoms with Crippen LogP contribution in [-0.2, 0) is 9.59 Å². The van der Waals surface area contributed by atoms with Gasteiger partial charge in [-0.2, -0.15) is 0 Å². The number of carboxylic acids is 1. The van der Waals surface area contributed by atoms with Gasteiger partial charge in [0.15, 0.2) is 5.79 Å². The van der Waals surface area contributed by atoms with Crippen molar-refractivity contribution in [2.45, 2.75) is 25.6 Å². The number of aliphatic carboxylic acids is 1. The second-order valence-corrected chi connectivity index (χ2v) is 3.51. The number of ketones is 1. The Morgan fingerprint density at radius 3 is 2.46 bits per heavy atom. The predicted octanol–water partition coefficient (Wildman–Crippen LogP) is -0.633. The van der Waals surface area contributed by atoms with E-state index in [1.807, 2.05) is 0 Å². The fourth-order valence-corrected chi connectivity index (χ4v) is 1.46. The topological polar surface area (TPSA) is 94.8 Å². The van der Waals surface area contributed by atoms with Crippen molar-refractivity contribution in [1.29, 1.82) is 0 Å². The lowest BCUT2D eigenvalue weighted by molar-refractivity contribution is -0.219. The minimum Gasteiger partial charge on any atom is -0.481 e. The average Bonchev–Trinajstić information content (AvgIpc) is 1.99. The number of carbonyl (C=O) groups is 2. The minimum atomic E-state index is -2.17. The van der Waals surface area contributed by atoms with Gasteiger partial charge in [0.1, 0.15) is 5.78 Å². The van der Waals surface area contributed by atoms with Crippen LogP contribution >= 0.6 is 0 Å². The lowest BCUT2D eigenvalue weighted by Crippen LogP contribution is -2.48. The molecule has 0 aromatic rings. The molecule has 0 saturated heterocycles. The third-order valence-electron chi connectivity index (χ3n) is 2.52. The smallest absolute Gasteiger partial charge is 0.307 e. The molecule has 0 radical (unpaired) electrons. The fraction of sp³-hybridized carbons (Fsp3) is 0.750. The molecule has 5 nitrogen and oxygen atoms in total. The first-order valence-electron chi connectivity index (χ1n) is 4.05. The second-order valence-electron chi connectivity index (χ2n) is 3.51. The first kappa shape index (κ1) is 10.1. The molecule has 1 saturated carbocycles. The van der Waals surface area contributed by atoms with Crippen molar-refractivity contribution in [3.8, 4) is 0 Å². The monoisotopic (exact) mass is 188 g/mol. The molecule has 0 aliphatic heterocycles. The Labute approximate surface area is 75.0 Å². The number of hydrogen-bond donors (Lipinski definition) is 3. The van der Waals surface area contributed by atoms with E-state index < -0.39 is 29.4 Å². The summed E-state index contributed by atoms with van der Waals surface area (Å²) in [7, 11) is 0. The van der Waals surface area contributed by atoms with Crippen LogP contribution in [0.25, 0.3) is 0 Å². The summed E-state index contributed by atoms with van der Waals surface area (Å²) in [6, 6.07) is 0. The maximum atomic E-state index is 11.1. The number of aliphatic hydroxyl groups is 2. The Morgan fingerprint density at radius 2 is 2.08 bits per heavy atom. The van der Waals surface area contributed by atoms with E-state index in [0.29, 0.717) is 0 Å². The maximum Gasteiger partial charge on any atom is 0.307 e. The molecule has 3 N–H and O–H groups in total. The lowest BCUT2D eigenvalue weighted by atomic mass is 9.77. The molecule has 0 aromatic heterocycles. The molecule has 0 spiro atoms. The molecule has 0 amide bonds. The highest BCUT2D eigenvalue weighted by Crippen LogP contribution is 2.32. The van der Waals surface area contributed by atoms with Gasteiger partial charge in [-0.15, -0.1) is 0 Å². The fourth-order valence-electron chi connectivity index (χ4n) is 1.46. The van der Waals surface area contributed by atoms with Crippen LogP contribution in [0.2, 0.25) is 0 Å². The molecule has 2 unspecified atom stereocenters. The Hall–Kier alpha value is -0.940. The Kier molecular flexibility index (Phi) is 2.40. The first-order valence-corrected chi connectivity index (χ1v) is 4.05. The largest absolute Gasteiger partial charge is 0.481 e. The van der Waals surface area contributed by atoms with Crippen LogP contribution < -0.4 is 0 Å². The van der Waals surface area contributed by atoms with Crippen molar-refractivity contribution in [3.05, 3.63) is 0 Å². The van der Waals surface area contributed by atoms with E-state index in [2.05, 4.69) is 0 Å². The average molecular weight is 188 g/mol. The predicted molar refractivity (Wildman–Crippen MR) is 41.7 cm³/mol. The highest BCUT2D eigenvalue weighted by atomic mass is 16.5. The number of rotatable bonds is 1. The number of carbonyl (C=O) groups excluding carboxylic acids is 1. The summed E-state index contributed by atoms with van der Waals surface area (Å²) in [5.74, 6) is -5.61. The molecule has 1 rings (SSSR count). The molecule has 0 heterocycles. The van der Waals surface area contributed by atoms with E-state index in [9.17, 15) is 19.8 Å². The quantitative estimate of drug-likeness (QED) is 0.476. The van der Waals surface area contributed by atoms with Gasteiger partial charge in [-0.05, 0) is 0 Å². The first-order chi connectivity index (χ1) is 5.84. The van der Waals surface area contributed by atoms with Crippen LogP contribution in [0.5, 0.6) is 0 Å². The Bertz CT molecular complexity index is 245. The normalized spacial score (nSPS) is 33.0. The van der Waals surface area contributed by atoms with E-state index in [-0.39, 0.29) is 12.8 Å². The summed E-state index contributed by atoms with van der Waals surface area (Å²) in [4.78, 5) is 21.7. The van der Waals surface area contributed by atoms with Crippen LogP contribution in [0.15, 0.2) is 0 Å². The summed E-state index contributed by atoms with van der Waals surface area (Å²) < 4.78 is 0. The van der Waals surface area contributed by atoms with Gasteiger partial charge in [0.25, 0.3) is 0 Å². The molecule has 74 valence electrons. The summed E-state index contributed by atoms with van der Waals surface area (Å²) in [6.07, 6.45) is -0.394. The van der Waals surface area contributed by atoms with Gasteiger partial charge in [0, 0.05) is 12.8 Å². The van der Waals surface area contributed by atoms with Crippen LogP contribution in [-0.4, -0.2) is 32.9 Å². The molecule has 1 fully saturated rings. The van der Waals surface area contributed by atoms with Crippen LogP contribution in [0.4, 0.5) is 0 Å². The van der Waals surface area contributed by atoms with Crippen molar-refractivity contribution < 1.29 is 24.9 Å². The second kappa shape index (κ2) is 3.08. The number of hydrogen-bond acceptors (Lipinski definition) is 4. The zero-order chi connectivity index (χ0) is 10.2. The van der Waals surface area contributed by atoms with Gasteiger partial charge in [0.05, 0.1) is 11.8 Å². The summed E-state index contributed by atoms with van der Waals surface area (Å²) in [5, 5.41) is 27.2. The number of Topliss-reactive ketones (excluding diaryl/α,β-unsaturated/α-hetero) is 1. The molecule has 0 bridgehead atoms. The van der Waals surface area contributed by atoms with Gasteiger partial charge < -0.3 is 15.3 Å². The van der Waals surface area contributed by atoms with Gasteiger partial charge in [-0.25, -0.2) is 0 Å². The van der Waals surface area contributed by atoms with E-state index in [1.165, 1.54) is 6.92 Å². The summed E-state index contributed by atoms with van der Waals surface area (Å²) in [5.41, 5.74) is 0. The lowest BCUT2D eigenvalue weighted by Gasteiger charge is -2.34. The van der Waals surface area contributed by atoms with Crippen molar-refractivity contribution in [2.75, 3.05) is 0 Å². The zero-order valence-corrected chi connectivity index (χ0v) is 7.23. The van der Waals surface area contributed by atoms with E-state index in [1.54, 1.807) is 0 Å². The van der Waals surface area contributed by atoms with Gasteiger partial charge >= 0.3 is 5.97 Å². The Balaban J connectivity index is 2.82. The molecular weight excluding hydrogens is 176 g/mol. The third-order valence-corrected chi connectivity index (χ3v) is 2.52. The van der Waals surface area contributed by atoms with E-state index >= 15 is 0 Å². The molecule has 13 heavy (non-hydrogen) atoms. The van der Waals surface area contributed by atoms with Crippen LogP contribution in [0.3, 0.4) is 0 Å². The maximum absolute atomic E-state index is 11.1. The molecule has 0 aromatic carbocycles. The van der Waals surface area contributed by atoms with E-state index in [4.69, 9.17) is 5.11 Å². The van der Waals surface area contributed by atoms with Crippen molar-refractivity contribution in [1.82, 2.24) is 0 Å². The van der Waals surface area contributed by atoms with Gasteiger partial charge in [0.2, 0.25) is 0 Å². The van der Waals surface area contributed by atoms with Gasteiger partial charge in [-0.1, -0.05) is 6.92 Å². The minimum absolute atomic E-state index is 0.112. The zero-order valence-electron chi connectivity index (χ0n) is 7.23. The molecule has 2 atom stereocenters. The molecule has 1 aliphatic rings. The Morgan fingerprint density at radius 1 is 1.54 bits per heavy atom. The molecular formula is C8H12O5. The van der Waals surface area contributed by atoms with Crippen LogP contribution in [0.1, 0.15) is 19.8 Å². The summed E-state index contributed by atoms with van der Waals surface area (Å²) in [6.45, 7) is 1.39. The standard InChI is InChI=1S/C8H12O5/c1-4-6(9)2-5(7(10)11)3-8(4,12)13/h4-5,12-13H,2-3H2,1H3,(H,10,11). The van der Waals surface area contributed by atoms with Crippen molar-refractivity contribution in [2.24, 2.45) is 11.8 Å². The van der Waals surface area contributed by atoms with Crippen molar-refractivity contribution >= 4 is 11.8 Å². The highest BCUT2D eigenvalue weighted by Gasteiger charge is 2.45. The van der Waals surface area contributed by atoms with Crippen LogP contribution in [0, 0.1) is 11.8 Å². The molecule has 1 aliphatic carbocycles. The number of carboxylic acid groups (broad SMARTS) is 1. The van der Waals surface area contributed by atoms with E-state index in [0.717, 1.165) is 0 Å². The van der Waals surface area contributed by atoms with Crippen molar-refractivity contribution in [3.63, 3.8) is 0 Å². The molecule has 5 heteroatoms. The van der Waals surface area contributed by atoms with Gasteiger partial charge in [-0.3, -0.25) is 9.59 Å². The highest BCUT2D eigenvalue weighted by molar-refractivity contribution is 5.87.